The van der Waals surface area contributed by atoms with Crippen molar-refractivity contribution in [3.63, 3.8) is 0 Å². The summed E-state index contributed by atoms with van der Waals surface area (Å²) in [5.74, 6) is 1.37. The minimum atomic E-state index is -0.0700. The van der Waals surface area contributed by atoms with Gasteiger partial charge in [0.2, 0.25) is 0 Å². The fraction of sp³-hybridized carbons (Fsp3) is 0.929. The molecular formula is C14H25NO3. The Morgan fingerprint density at radius 1 is 1.50 bits per heavy atom. The third kappa shape index (κ3) is 3.53. The van der Waals surface area contributed by atoms with E-state index in [0.717, 1.165) is 44.8 Å². The predicted molar refractivity (Wildman–Crippen MR) is 69.4 cm³/mol. The largest absolute Gasteiger partial charge is 0.394 e. The first-order valence-electron chi connectivity index (χ1n) is 7.20. The van der Waals surface area contributed by atoms with E-state index < -0.39 is 0 Å². The molecule has 0 bridgehead atoms. The molecule has 2 aliphatic rings. The van der Waals surface area contributed by atoms with Gasteiger partial charge in [0.25, 0.3) is 0 Å². The Hall–Kier alpha value is -0.450. The summed E-state index contributed by atoms with van der Waals surface area (Å²) >= 11 is 0. The van der Waals surface area contributed by atoms with E-state index in [9.17, 15) is 4.79 Å². The highest BCUT2D eigenvalue weighted by atomic mass is 16.5. The first-order chi connectivity index (χ1) is 8.72. The van der Waals surface area contributed by atoms with Crippen LogP contribution in [-0.2, 0) is 9.53 Å². The number of nitrogens with zero attached hydrogens (tertiary/aromatic N) is 1. The maximum absolute atomic E-state index is 12.0. The summed E-state index contributed by atoms with van der Waals surface area (Å²) in [6.07, 6.45) is 4.01. The van der Waals surface area contributed by atoms with Gasteiger partial charge in [-0.2, -0.15) is 0 Å². The lowest BCUT2D eigenvalue weighted by atomic mass is 9.79. The Morgan fingerprint density at radius 3 is 3.06 bits per heavy atom. The van der Waals surface area contributed by atoms with E-state index in [1.165, 1.54) is 6.42 Å². The number of aliphatic hydroxyl groups is 1. The SMILES string of the molecule is CCC1CCC(=O)C(CN2CCOC(CO)C2)C1. The number of carbonyl (C=O) groups excluding carboxylic acids is 1. The number of aliphatic hydroxyl groups excluding tert-OH is 1. The number of hydrogen-bond acceptors (Lipinski definition) is 4. The normalized spacial score (nSPS) is 34.8. The molecule has 3 atom stereocenters. The highest BCUT2D eigenvalue weighted by molar-refractivity contribution is 5.81. The minimum Gasteiger partial charge on any atom is -0.394 e. The summed E-state index contributed by atoms with van der Waals surface area (Å²) in [7, 11) is 0. The topological polar surface area (TPSA) is 49.8 Å². The molecule has 0 aromatic carbocycles. The fourth-order valence-electron chi connectivity index (χ4n) is 3.12. The number of hydrogen-bond donors (Lipinski definition) is 1. The highest BCUT2D eigenvalue weighted by Crippen LogP contribution is 2.29. The van der Waals surface area contributed by atoms with Crippen LogP contribution in [0.25, 0.3) is 0 Å². The summed E-state index contributed by atoms with van der Waals surface area (Å²) in [6.45, 7) is 5.47. The molecule has 1 aliphatic carbocycles. The molecule has 0 aromatic heterocycles. The van der Waals surface area contributed by atoms with Gasteiger partial charge in [-0.1, -0.05) is 13.3 Å². The molecule has 2 fully saturated rings. The number of morpholine rings is 1. The molecule has 1 heterocycles. The Kier molecular flexibility index (Phi) is 5.15. The molecule has 4 heteroatoms. The number of rotatable bonds is 4. The van der Waals surface area contributed by atoms with E-state index >= 15 is 0 Å². The van der Waals surface area contributed by atoms with Gasteiger partial charge in [-0.25, -0.2) is 0 Å². The maximum Gasteiger partial charge on any atom is 0.137 e. The molecular weight excluding hydrogens is 230 g/mol. The van der Waals surface area contributed by atoms with Gasteiger partial charge in [0.1, 0.15) is 5.78 Å². The smallest absolute Gasteiger partial charge is 0.137 e. The summed E-state index contributed by atoms with van der Waals surface area (Å²) in [5.41, 5.74) is 0. The van der Waals surface area contributed by atoms with Gasteiger partial charge in [0.05, 0.1) is 19.3 Å². The summed E-state index contributed by atoms with van der Waals surface area (Å²) < 4.78 is 5.44. The quantitative estimate of drug-likeness (QED) is 0.816. The van der Waals surface area contributed by atoms with Crippen LogP contribution in [0.15, 0.2) is 0 Å². The molecule has 0 aromatic rings. The van der Waals surface area contributed by atoms with Crippen molar-refractivity contribution in [3.8, 4) is 0 Å². The summed E-state index contributed by atoms with van der Waals surface area (Å²) in [4.78, 5) is 14.3. The van der Waals surface area contributed by atoms with Crippen LogP contribution in [0.1, 0.15) is 32.6 Å². The molecule has 0 amide bonds. The van der Waals surface area contributed by atoms with Gasteiger partial charge >= 0.3 is 0 Å². The van der Waals surface area contributed by atoms with Gasteiger partial charge in [-0.3, -0.25) is 9.69 Å². The Morgan fingerprint density at radius 2 is 2.33 bits per heavy atom. The van der Waals surface area contributed by atoms with Crippen molar-refractivity contribution in [2.45, 2.75) is 38.7 Å². The van der Waals surface area contributed by atoms with Crippen molar-refractivity contribution < 1.29 is 14.6 Å². The molecule has 3 unspecified atom stereocenters. The van der Waals surface area contributed by atoms with Crippen LogP contribution in [0.4, 0.5) is 0 Å². The van der Waals surface area contributed by atoms with E-state index in [4.69, 9.17) is 9.84 Å². The van der Waals surface area contributed by atoms with Gasteiger partial charge in [-0.15, -0.1) is 0 Å². The Labute approximate surface area is 109 Å². The van der Waals surface area contributed by atoms with Gasteiger partial charge < -0.3 is 9.84 Å². The van der Waals surface area contributed by atoms with E-state index in [-0.39, 0.29) is 18.6 Å². The number of carbonyl (C=O) groups is 1. The second-order valence-corrected chi connectivity index (χ2v) is 5.65. The Balaban J connectivity index is 1.85. The van der Waals surface area contributed by atoms with E-state index in [1.54, 1.807) is 0 Å². The van der Waals surface area contributed by atoms with Crippen LogP contribution in [0.2, 0.25) is 0 Å². The predicted octanol–water partition coefficient (Wildman–Crippen LogP) is 1.07. The van der Waals surface area contributed by atoms with Crippen LogP contribution in [0, 0.1) is 11.8 Å². The van der Waals surface area contributed by atoms with Crippen LogP contribution in [0.5, 0.6) is 0 Å². The second kappa shape index (κ2) is 6.64. The van der Waals surface area contributed by atoms with E-state index in [0.29, 0.717) is 12.4 Å². The standard InChI is InChI=1S/C14H25NO3/c1-2-11-3-4-14(17)12(7-11)8-15-5-6-18-13(9-15)10-16/h11-13,16H,2-10H2,1H3. The number of Topliss-reactive ketones (excluding diaryl/α,β-unsaturated/α-hetero) is 1. The number of ketones is 1. The lowest BCUT2D eigenvalue weighted by molar-refractivity contribution is -0.127. The zero-order valence-electron chi connectivity index (χ0n) is 11.3. The zero-order valence-corrected chi connectivity index (χ0v) is 11.3. The van der Waals surface area contributed by atoms with Crippen molar-refractivity contribution in [3.05, 3.63) is 0 Å². The van der Waals surface area contributed by atoms with Gasteiger partial charge in [0.15, 0.2) is 0 Å². The van der Waals surface area contributed by atoms with Crippen LogP contribution < -0.4 is 0 Å². The highest BCUT2D eigenvalue weighted by Gasteiger charge is 2.30. The average Bonchev–Trinajstić information content (AvgIpc) is 2.41. The number of ether oxygens (including phenoxy) is 1. The Bertz CT molecular complexity index is 282. The fourth-order valence-corrected chi connectivity index (χ4v) is 3.12. The van der Waals surface area contributed by atoms with Crippen LogP contribution >= 0.6 is 0 Å². The monoisotopic (exact) mass is 255 g/mol. The molecule has 0 spiro atoms. The molecule has 1 N–H and O–H groups in total. The van der Waals surface area contributed by atoms with Crippen molar-refractivity contribution in [2.75, 3.05) is 32.8 Å². The first kappa shape index (κ1) is 14.0. The van der Waals surface area contributed by atoms with Crippen LogP contribution in [-0.4, -0.2) is 54.7 Å². The van der Waals surface area contributed by atoms with Crippen molar-refractivity contribution >= 4 is 5.78 Å². The molecule has 2 rings (SSSR count). The van der Waals surface area contributed by atoms with Gasteiger partial charge in [0, 0.05) is 32.0 Å². The third-order valence-electron chi connectivity index (χ3n) is 4.35. The lowest BCUT2D eigenvalue weighted by Gasteiger charge is -2.36. The summed E-state index contributed by atoms with van der Waals surface area (Å²) in [6, 6.07) is 0. The summed E-state index contributed by atoms with van der Waals surface area (Å²) in [5, 5.41) is 9.13. The zero-order chi connectivity index (χ0) is 13.0. The maximum atomic E-state index is 12.0. The van der Waals surface area contributed by atoms with Crippen LogP contribution in [0.3, 0.4) is 0 Å². The molecule has 1 saturated carbocycles. The first-order valence-corrected chi connectivity index (χ1v) is 7.20. The third-order valence-corrected chi connectivity index (χ3v) is 4.35. The van der Waals surface area contributed by atoms with E-state index in [2.05, 4.69) is 11.8 Å². The minimum absolute atomic E-state index is 0.0700. The van der Waals surface area contributed by atoms with Crippen molar-refractivity contribution in [1.82, 2.24) is 4.90 Å². The average molecular weight is 255 g/mol. The molecule has 1 saturated heterocycles. The molecule has 18 heavy (non-hydrogen) atoms. The van der Waals surface area contributed by atoms with Gasteiger partial charge in [-0.05, 0) is 18.8 Å². The lowest BCUT2D eigenvalue weighted by Crippen LogP contribution is -2.47. The van der Waals surface area contributed by atoms with Crippen molar-refractivity contribution in [2.24, 2.45) is 11.8 Å². The molecule has 1 aliphatic heterocycles. The second-order valence-electron chi connectivity index (χ2n) is 5.65. The molecule has 104 valence electrons. The van der Waals surface area contributed by atoms with Crippen molar-refractivity contribution in [1.29, 1.82) is 0 Å². The van der Waals surface area contributed by atoms with E-state index in [1.807, 2.05) is 0 Å². The molecule has 0 radical (unpaired) electrons. The molecule has 4 nitrogen and oxygen atoms in total.